The molecule has 0 radical (unpaired) electrons. The molecule has 0 fully saturated rings. The van der Waals surface area contributed by atoms with Crippen molar-refractivity contribution in [1.29, 1.82) is 0 Å². The van der Waals surface area contributed by atoms with Crippen LogP contribution in [0.4, 0.5) is 0 Å². The highest BCUT2D eigenvalue weighted by Gasteiger charge is 2.02. The molecule has 0 bridgehead atoms. The van der Waals surface area contributed by atoms with E-state index in [1.54, 1.807) is 0 Å². The van der Waals surface area contributed by atoms with Gasteiger partial charge in [0.15, 0.2) is 0 Å². The van der Waals surface area contributed by atoms with E-state index in [-0.39, 0.29) is 0 Å². The molecule has 1 rings (SSSR count). The fourth-order valence-electron chi connectivity index (χ4n) is 0.850. The fraction of sp³-hybridized carbons (Fsp3) is 0.556. The Kier molecular flexibility index (Phi) is 4.73. The van der Waals surface area contributed by atoms with Gasteiger partial charge < -0.3 is 5.32 Å². The molecule has 0 aromatic rings. The first-order chi connectivity index (χ1) is 4.79. The van der Waals surface area contributed by atoms with Crippen LogP contribution in [0.3, 0.4) is 0 Å². The maximum absolute atomic E-state index is 3.84. The van der Waals surface area contributed by atoms with Gasteiger partial charge in [0.2, 0.25) is 0 Å². The molecular formula is C9H17N. The number of rotatable bonds is 0. The molecule has 0 saturated heterocycles. The van der Waals surface area contributed by atoms with Gasteiger partial charge in [0.1, 0.15) is 0 Å². The van der Waals surface area contributed by atoms with Gasteiger partial charge in [-0.05, 0) is 25.6 Å². The lowest BCUT2D eigenvalue weighted by Gasteiger charge is -2.15. The van der Waals surface area contributed by atoms with Crippen LogP contribution in [0, 0.1) is 0 Å². The van der Waals surface area contributed by atoms with Gasteiger partial charge in [0.05, 0.1) is 0 Å². The largest absolute Gasteiger partial charge is 0.388 e. The molecule has 1 aliphatic rings. The summed E-state index contributed by atoms with van der Waals surface area (Å²) in [6.07, 6.45) is 5.05. The van der Waals surface area contributed by atoms with Gasteiger partial charge in [-0.1, -0.05) is 26.0 Å². The molecule has 1 unspecified atom stereocenters. The molecule has 1 heteroatoms. The molecule has 0 aromatic carbocycles. The molecule has 1 heterocycles. The van der Waals surface area contributed by atoms with Crippen molar-refractivity contribution < 1.29 is 0 Å². The first-order valence-corrected chi connectivity index (χ1v) is 3.89. The molecule has 0 aliphatic carbocycles. The first kappa shape index (κ1) is 9.28. The average molecular weight is 139 g/mol. The van der Waals surface area contributed by atoms with E-state index in [0.717, 1.165) is 6.42 Å². The van der Waals surface area contributed by atoms with Crippen molar-refractivity contribution in [3.05, 3.63) is 24.4 Å². The van der Waals surface area contributed by atoms with E-state index >= 15 is 0 Å². The molecule has 58 valence electrons. The summed E-state index contributed by atoms with van der Waals surface area (Å²) in [7, 11) is 0. The maximum Gasteiger partial charge on any atom is 0.0267 e. The predicted molar refractivity (Wildman–Crippen MR) is 46.8 cm³/mol. The standard InChI is InChI=1S/C7H11N.C2H6/c1-6-3-4-8-7(2)5-6;1-2/h3-4,7-8H,1,5H2,2H3;1-2H3. The van der Waals surface area contributed by atoms with Crippen LogP contribution < -0.4 is 5.32 Å². The van der Waals surface area contributed by atoms with E-state index in [1.165, 1.54) is 5.57 Å². The van der Waals surface area contributed by atoms with Gasteiger partial charge in [0.25, 0.3) is 0 Å². The Hall–Kier alpha value is -0.720. The van der Waals surface area contributed by atoms with Crippen LogP contribution >= 0.6 is 0 Å². The highest BCUT2D eigenvalue weighted by molar-refractivity contribution is 5.18. The van der Waals surface area contributed by atoms with Crippen LogP contribution in [-0.2, 0) is 0 Å². The van der Waals surface area contributed by atoms with E-state index in [2.05, 4.69) is 18.8 Å². The first-order valence-electron chi connectivity index (χ1n) is 3.89. The van der Waals surface area contributed by atoms with Gasteiger partial charge in [-0.2, -0.15) is 0 Å². The van der Waals surface area contributed by atoms with E-state index in [4.69, 9.17) is 0 Å². The van der Waals surface area contributed by atoms with Gasteiger partial charge in [-0.25, -0.2) is 0 Å². The van der Waals surface area contributed by atoms with Crippen molar-refractivity contribution in [1.82, 2.24) is 5.32 Å². The second kappa shape index (κ2) is 5.10. The zero-order valence-corrected chi connectivity index (χ0v) is 7.15. The Morgan fingerprint density at radius 2 is 2.20 bits per heavy atom. The second-order valence-electron chi connectivity index (χ2n) is 2.26. The minimum absolute atomic E-state index is 0.576. The Bertz CT molecular complexity index is 125. The van der Waals surface area contributed by atoms with Crippen LogP contribution in [0.15, 0.2) is 24.4 Å². The zero-order chi connectivity index (χ0) is 7.98. The summed E-state index contributed by atoms with van der Waals surface area (Å²) in [5, 5.41) is 3.17. The second-order valence-corrected chi connectivity index (χ2v) is 2.26. The van der Waals surface area contributed by atoms with Crippen LogP contribution in [0.5, 0.6) is 0 Å². The Morgan fingerprint density at radius 3 is 2.50 bits per heavy atom. The molecule has 0 saturated carbocycles. The van der Waals surface area contributed by atoms with Gasteiger partial charge in [-0.3, -0.25) is 0 Å². The topological polar surface area (TPSA) is 12.0 Å². The monoisotopic (exact) mass is 139 g/mol. The van der Waals surface area contributed by atoms with Crippen molar-refractivity contribution in [3.8, 4) is 0 Å². The lowest BCUT2D eigenvalue weighted by molar-refractivity contribution is 0.622. The summed E-state index contributed by atoms with van der Waals surface area (Å²) < 4.78 is 0. The highest BCUT2D eigenvalue weighted by Crippen LogP contribution is 2.07. The van der Waals surface area contributed by atoms with Crippen molar-refractivity contribution in [2.75, 3.05) is 0 Å². The van der Waals surface area contributed by atoms with Gasteiger partial charge in [-0.15, -0.1) is 0 Å². The number of allylic oxidation sites excluding steroid dienone is 1. The molecule has 0 amide bonds. The van der Waals surface area contributed by atoms with Gasteiger partial charge in [0, 0.05) is 6.04 Å². The smallest absolute Gasteiger partial charge is 0.0267 e. The fourth-order valence-corrected chi connectivity index (χ4v) is 0.850. The predicted octanol–water partition coefficient (Wildman–Crippen LogP) is 2.46. The number of hydrogen-bond donors (Lipinski definition) is 1. The van der Waals surface area contributed by atoms with E-state index < -0.39 is 0 Å². The SMILES string of the molecule is C=C1C=CNC(C)C1.CC. The molecule has 1 N–H and O–H groups in total. The third kappa shape index (κ3) is 3.33. The molecular weight excluding hydrogens is 122 g/mol. The minimum atomic E-state index is 0.576. The van der Waals surface area contributed by atoms with E-state index in [0.29, 0.717) is 6.04 Å². The lowest BCUT2D eigenvalue weighted by atomic mass is 10.1. The molecule has 0 spiro atoms. The average Bonchev–Trinajstić information content (AvgIpc) is 1.91. The molecule has 1 nitrogen and oxygen atoms in total. The van der Waals surface area contributed by atoms with E-state index in [1.807, 2.05) is 26.1 Å². The molecule has 0 aromatic heterocycles. The van der Waals surface area contributed by atoms with E-state index in [9.17, 15) is 0 Å². The maximum atomic E-state index is 3.84. The van der Waals surface area contributed by atoms with Gasteiger partial charge >= 0.3 is 0 Å². The summed E-state index contributed by atoms with van der Waals surface area (Å²) in [6, 6.07) is 0.576. The van der Waals surface area contributed by atoms with Crippen molar-refractivity contribution in [3.63, 3.8) is 0 Å². The van der Waals surface area contributed by atoms with Crippen molar-refractivity contribution in [2.45, 2.75) is 33.2 Å². The van der Waals surface area contributed by atoms with Crippen LogP contribution in [0.2, 0.25) is 0 Å². The van der Waals surface area contributed by atoms with Crippen LogP contribution in [0.1, 0.15) is 27.2 Å². The van der Waals surface area contributed by atoms with Crippen molar-refractivity contribution in [2.24, 2.45) is 0 Å². The summed E-state index contributed by atoms with van der Waals surface area (Å²) in [5.74, 6) is 0. The summed E-state index contributed by atoms with van der Waals surface area (Å²) in [5.41, 5.74) is 1.22. The third-order valence-corrected chi connectivity index (χ3v) is 1.27. The lowest BCUT2D eigenvalue weighted by Crippen LogP contribution is -2.23. The Morgan fingerprint density at radius 1 is 1.60 bits per heavy atom. The Balaban J connectivity index is 0.000000371. The normalized spacial score (nSPS) is 22.7. The number of nitrogens with one attached hydrogen (secondary N) is 1. The Labute approximate surface area is 63.8 Å². The van der Waals surface area contributed by atoms with Crippen molar-refractivity contribution >= 4 is 0 Å². The molecule has 1 aliphatic heterocycles. The minimum Gasteiger partial charge on any atom is -0.388 e. The van der Waals surface area contributed by atoms with Crippen LogP contribution in [0.25, 0.3) is 0 Å². The zero-order valence-electron chi connectivity index (χ0n) is 7.15. The quantitative estimate of drug-likeness (QED) is 0.543. The molecule has 10 heavy (non-hydrogen) atoms. The summed E-state index contributed by atoms with van der Waals surface area (Å²) in [4.78, 5) is 0. The highest BCUT2D eigenvalue weighted by atomic mass is 14.9. The summed E-state index contributed by atoms with van der Waals surface area (Å²) in [6.45, 7) is 9.99. The number of hydrogen-bond acceptors (Lipinski definition) is 1. The van der Waals surface area contributed by atoms with Crippen LogP contribution in [-0.4, -0.2) is 6.04 Å². The molecule has 1 atom stereocenters. The summed E-state index contributed by atoms with van der Waals surface area (Å²) >= 11 is 0. The third-order valence-electron chi connectivity index (χ3n) is 1.27.